The summed E-state index contributed by atoms with van der Waals surface area (Å²) >= 11 is 4.81. The molecule has 1 aromatic carbocycles. The van der Waals surface area contributed by atoms with Crippen LogP contribution in [0.5, 0.6) is 0 Å². The van der Waals surface area contributed by atoms with Crippen molar-refractivity contribution in [2.24, 2.45) is 0 Å². The zero-order valence-corrected chi connectivity index (χ0v) is 13.5. The summed E-state index contributed by atoms with van der Waals surface area (Å²) in [6.45, 7) is 0.744. The van der Waals surface area contributed by atoms with E-state index in [9.17, 15) is 9.59 Å². The molecule has 1 fully saturated rings. The molecule has 0 aliphatic carbocycles. The van der Waals surface area contributed by atoms with Gasteiger partial charge in [-0.2, -0.15) is 0 Å². The smallest absolute Gasteiger partial charge is 0.256 e. The molecule has 1 saturated heterocycles. The van der Waals surface area contributed by atoms with E-state index in [1.165, 1.54) is 11.3 Å². The molecular formula is C15H13BrN2O2S. The van der Waals surface area contributed by atoms with E-state index >= 15 is 0 Å². The number of nitrogens with zero attached hydrogens (tertiary/aromatic N) is 1. The second-order valence-corrected chi connectivity index (χ2v) is 7.08. The number of rotatable bonds is 3. The van der Waals surface area contributed by atoms with Gasteiger partial charge in [-0.3, -0.25) is 9.59 Å². The Hall–Kier alpha value is -1.66. The molecule has 0 radical (unpaired) electrons. The maximum Gasteiger partial charge on any atom is 0.256 e. The van der Waals surface area contributed by atoms with Gasteiger partial charge in [0.1, 0.15) is 0 Å². The van der Waals surface area contributed by atoms with Crippen LogP contribution in [0.4, 0.5) is 11.4 Å². The van der Waals surface area contributed by atoms with Crippen LogP contribution in [0.2, 0.25) is 0 Å². The van der Waals surface area contributed by atoms with Crippen LogP contribution in [0, 0.1) is 0 Å². The Balaban J connectivity index is 1.77. The number of halogens is 1. The monoisotopic (exact) mass is 364 g/mol. The van der Waals surface area contributed by atoms with E-state index in [2.05, 4.69) is 21.2 Å². The lowest BCUT2D eigenvalue weighted by atomic mass is 10.2. The number of thiophene rings is 1. The fourth-order valence-electron chi connectivity index (χ4n) is 2.31. The number of hydrogen-bond donors (Lipinski definition) is 1. The Labute approximate surface area is 134 Å². The summed E-state index contributed by atoms with van der Waals surface area (Å²) in [4.78, 5) is 25.6. The van der Waals surface area contributed by atoms with Crippen molar-refractivity contribution in [1.82, 2.24) is 0 Å². The van der Waals surface area contributed by atoms with Gasteiger partial charge in [-0.25, -0.2) is 0 Å². The minimum Gasteiger partial charge on any atom is -0.322 e. The van der Waals surface area contributed by atoms with Gasteiger partial charge in [0.15, 0.2) is 0 Å². The van der Waals surface area contributed by atoms with Gasteiger partial charge in [-0.15, -0.1) is 11.3 Å². The Morgan fingerprint density at radius 1 is 1.33 bits per heavy atom. The van der Waals surface area contributed by atoms with Gasteiger partial charge in [0, 0.05) is 29.7 Å². The predicted molar refractivity (Wildman–Crippen MR) is 88.0 cm³/mol. The van der Waals surface area contributed by atoms with Crippen molar-refractivity contribution in [3.8, 4) is 0 Å². The fraction of sp³-hybridized carbons (Fsp3) is 0.200. The second-order valence-electron chi connectivity index (χ2n) is 4.79. The summed E-state index contributed by atoms with van der Waals surface area (Å²) in [5.74, 6) is -0.0120. The highest BCUT2D eigenvalue weighted by Crippen LogP contribution is 2.25. The third-order valence-corrected chi connectivity index (χ3v) is 4.82. The molecule has 4 nitrogen and oxygen atoms in total. The third-order valence-electron chi connectivity index (χ3n) is 3.32. The van der Waals surface area contributed by atoms with Gasteiger partial charge in [0.2, 0.25) is 5.91 Å². The molecule has 3 rings (SSSR count). The van der Waals surface area contributed by atoms with Crippen LogP contribution in [0.15, 0.2) is 39.5 Å². The average Bonchev–Trinajstić information content (AvgIpc) is 3.08. The van der Waals surface area contributed by atoms with Crippen molar-refractivity contribution in [2.75, 3.05) is 16.8 Å². The van der Waals surface area contributed by atoms with E-state index in [-0.39, 0.29) is 11.8 Å². The normalized spacial score (nSPS) is 14.5. The first-order valence-corrected chi connectivity index (χ1v) is 8.26. The number of amides is 2. The van der Waals surface area contributed by atoms with Gasteiger partial charge in [0.25, 0.3) is 5.91 Å². The van der Waals surface area contributed by atoms with E-state index in [1.54, 1.807) is 16.3 Å². The second kappa shape index (κ2) is 5.99. The van der Waals surface area contributed by atoms with Crippen molar-refractivity contribution < 1.29 is 9.59 Å². The highest BCUT2D eigenvalue weighted by molar-refractivity contribution is 9.11. The fourth-order valence-corrected chi connectivity index (χ4v) is 3.44. The molecule has 1 aromatic heterocycles. The van der Waals surface area contributed by atoms with Crippen LogP contribution in [0.25, 0.3) is 0 Å². The first-order valence-electron chi connectivity index (χ1n) is 6.59. The summed E-state index contributed by atoms with van der Waals surface area (Å²) in [6.07, 6.45) is 1.48. The number of benzene rings is 1. The zero-order valence-electron chi connectivity index (χ0n) is 11.1. The Morgan fingerprint density at radius 2 is 2.19 bits per heavy atom. The summed E-state index contributed by atoms with van der Waals surface area (Å²) in [5, 5.41) is 4.66. The molecule has 108 valence electrons. The van der Waals surface area contributed by atoms with Gasteiger partial charge in [-0.05, 0) is 46.6 Å². The quantitative estimate of drug-likeness (QED) is 0.897. The van der Waals surface area contributed by atoms with Gasteiger partial charge in [0.05, 0.1) is 9.35 Å². The predicted octanol–water partition coefficient (Wildman–Crippen LogP) is 3.89. The molecule has 2 aromatic rings. The largest absolute Gasteiger partial charge is 0.322 e. The molecule has 2 amide bonds. The van der Waals surface area contributed by atoms with Crippen LogP contribution in [-0.2, 0) is 4.79 Å². The standard InChI is InChI=1S/C15H13BrN2O2S/c16-13-7-10(9-21-13)15(20)17-11-3-1-4-12(8-11)18-6-2-5-14(18)19/h1,3-4,7-9H,2,5-6H2,(H,17,20). The van der Waals surface area contributed by atoms with Crippen LogP contribution < -0.4 is 10.2 Å². The van der Waals surface area contributed by atoms with Crippen molar-refractivity contribution in [1.29, 1.82) is 0 Å². The number of anilines is 2. The van der Waals surface area contributed by atoms with E-state index in [0.717, 1.165) is 22.4 Å². The van der Waals surface area contributed by atoms with Crippen LogP contribution in [0.1, 0.15) is 23.2 Å². The van der Waals surface area contributed by atoms with Gasteiger partial charge in [-0.1, -0.05) is 6.07 Å². The molecule has 6 heteroatoms. The molecule has 0 atom stereocenters. The summed E-state index contributed by atoms with van der Waals surface area (Å²) in [6, 6.07) is 9.18. The molecule has 1 aliphatic heterocycles. The van der Waals surface area contributed by atoms with Crippen molar-refractivity contribution in [2.45, 2.75) is 12.8 Å². The lowest BCUT2D eigenvalue weighted by Crippen LogP contribution is -2.23. The maximum absolute atomic E-state index is 12.1. The molecule has 21 heavy (non-hydrogen) atoms. The van der Waals surface area contributed by atoms with Crippen molar-refractivity contribution in [3.05, 3.63) is 45.1 Å². The Kier molecular flexibility index (Phi) is 4.07. The topological polar surface area (TPSA) is 49.4 Å². The lowest BCUT2D eigenvalue weighted by molar-refractivity contribution is -0.117. The van der Waals surface area contributed by atoms with E-state index in [4.69, 9.17) is 0 Å². The highest BCUT2D eigenvalue weighted by Gasteiger charge is 2.21. The highest BCUT2D eigenvalue weighted by atomic mass is 79.9. The SMILES string of the molecule is O=C(Nc1cccc(N2CCCC2=O)c1)c1csc(Br)c1. The van der Waals surface area contributed by atoms with E-state index in [1.807, 2.05) is 24.3 Å². The number of hydrogen-bond acceptors (Lipinski definition) is 3. The molecule has 0 unspecified atom stereocenters. The zero-order chi connectivity index (χ0) is 14.8. The van der Waals surface area contributed by atoms with Crippen LogP contribution in [0.3, 0.4) is 0 Å². The maximum atomic E-state index is 12.1. The number of carbonyl (C=O) groups excluding carboxylic acids is 2. The minimum absolute atomic E-state index is 0.139. The summed E-state index contributed by atoms with van der Waals surface area (Å²) in [7, 11) is 0. The van der Waals surface area contributed by atoms with Gasteiger partial charge < -0.3 is 10.2 Å². The number of nitrogens with one attached hydrogen (secondary N) is 1. The first-order chi connectivity index (χ1) is 10.1. The minimum atomic E-state index is -0.151. The molecule has 1 N–H and O–H groups in total. The molecule has 0 saturated carbocycles. The molecule has 0 spiro atoms. The summed E-state index contributed by atoms with van der Waals surface area (Å²) in [5.41, 5.74) is 2.15. The molecule has 2 heterocycles. The first kappa shape index (κ1) is 14.3. The lowest BCUT2D eigenvalue weighted by Gasteiger charge is -2.16. The van der Waals surface area contributed by atoms with Crippen molar-refractivity contribution >= 4 is 50.5 Å². The third kappa shape index (κ3) is 3.16. The summed E-state index contributed by atoms with van der Waals surface area (Å²) < 4.78 is 0.920. The molecule has 1 aliphatic rings. The van der Waals surface area contributed by atoms with E-state index in [0.29, 0.717) is 17.7 Å². The van der Waals surface area contributed by atoms with Crippen LogP contribution >= 0.6 is 27.3 Å². The van der Waals surface area contributed by atoms with Crippen molar-refractivity contribution in [3.63, 3.8) is 0 Å². The molecule has 0 bridgehead atoms. The van der Waals surface area contributed by atoms with Gasteiger partial charge >= 0.3 is 0 Å². The number of carbonyl (C=O) groups is 2. The average molecular weight is 365 g/mol. The van der Waals surface area contributed by atoms with E-state index < -0.39 is 0 Å². The van der Waals surface area contributed by atoms with Crippen LogP contribution in [-0.4, -0.2) is 18.4 Å². The molecular weight excluding hydrogens is 352 g/mol. The Bertz CT molecular complexity index is 698. The Morgan fingerprint density at radius 3 is 2.86 bits per heavy atom.